The van der Waals surface area contributed by atoms with Gasteiger partial charge in [0.05, 0.1) is 13.2 Å². The topological polar surface area (TPSA) is 18.5 Å². The Morgan fingerprint density at radius 1 is 1.05 bits per heavy atom. The molecular weight excluding hydrogens is 264 g/mol. The monoisotopic (exact) mass is 286 g/mol. The standard InChI is InChI=1S/C17H22O2Si/c1-6-17(19-20(3,4)5)15-8-7-14-12-16(18-2)10-9-13(14)11-15/h6-12,17H,1H2,2-5H3. The van der Waals surface area contributed by atoms with Gasteiger partial charge in [0, 0.05) is 0 Å². The number of methoxy groups -OCH3 is 1. The lowest BCUT2D eigenvalue weighted by Crippen LogP contribution is -2.27. The summed E-state index contributed by atoms with van der Waals surface area (Å²) >= 11 is 0. The zero-order valence-corrected chi connectivity index (χ0v) is 13.6. The molecule has 0 spiro atoms. The van der Waals surface area contributed by atoms with Gasteiger partial charge in [0.2, 0.25) is 0 Å². The molecule has 2 rings (SSSR count). The van der Waals surface area contributed by atoms with Gasteiger partial charge in [0.1, 0.15) is 5.75 Å². The Balaban J connectivity index is 2.37. The van der Waals surface area contributed by atoms with Crippen molar-refractivity contribution in [1.82, 2.24) is 0 Å². The first-order valence-corrected chi connectivity index (χ1v) is 10.2. The number of ether oxygens (including phenoxy) is 1. The first-order chi connectivity index (χ1) is 9.43. The molecule has 20 heavy (non-hydrogen) atoms. The first kappa shape index (κ1) is 14.8. The molecule has 0 fully saturated rings. The van der Waals surface area contributed by atoms with Crippen molar-refractivity contribution in [3.05, 3.63) is 54.6 Å². The van der Waals surface area contributed by atoms with Crippen LogP contribution in [0.1, 0.15) is 11.7 Å². The zero-order valence-electron chi connectivity index (χ0n) is 12.6. The normalized spacial score (nSPS) is 13.2. The second-order valence-electron chi connectivity index (χ2n) is 5.86. The number of fused-ring (bicyclic) bond motifs is 1. The average molecular weight is 286 g/mol. The van der Waals surface area contributed by atoms with Crippen LogP contribution in [0.2, 0.25) is 19.6 Å². The van der Waals surface area contributed by atoms with Gasteiger partial charge in [0.15, 0.2) is 8.32 Å². The third-order valence-electron chi connectivity index (χ3n) is 3.09. The van der Waals surface area contributed by atoms with Crippen LogP contribution in [0.4, 0.5) is 0 Å². The Kier molecular flexibility index (Phi) is 4.31. The highest BCUT2D eigenvalue weighted by atomic mass is 28.4. The minimum atomic E-state index is -1.60. The molecule has 0 bridgehead atoms. The molecule has 0 radical (unpaired) electrons. The van der Waals surface area contributed by atoms with Crippen molar-refractivity contribution in [3.8, 4) is 5.75 Å². The van der Waals surface area contributed by atoms with Crippen LogP contribution in [0.25, 0.3) is 10.8 Å². The lowest BCUT2D eigenvalue weighted by molar-refractivity contribution is 0.248. The summed E-state index contributed by atoms with van der Waals surface area (Å²) in [6.07, 6.45) is 1.84. The van der Waals surface area contributed by atoms with Crippen molar-refractivity contribution in [2.24, 2.45) is 0 Å². The van der Waals surface area contributed by atoms with Crippen LogP contribution in [0.5, 0.6) is 5.75 Å². The predicted octanol–water partition coefficient (Wildman–Crippen LogP) is 4.93. The fraction of sp³-hybridized carbons (Fsp3) is 0.294. The number of rotatable bonds is 5. The van der Waals surface area contributed by atoms with Crippen molar-refractivity contribution < 1.29 is 9.16 Å². The van der Waals surface area contributed by atoms with E-state index in [0.29, 0.717) is 0 Å². The van der Waals surface area contributed by atoms with E-state index in [1.54, 1.807) is 7.11 Å². The van der Waals surface area contributed by atoms with Crippen LogP contribution in [-0.4, -0.2) is 15.4 Å². The molecule has 106 valence electrons. The number of hydrogen-bond acceptors (Lipinski definition) is 2. The predicted molar refractivity (Wildman–Crippen MR) is 87.9 cm³/mol. The summed E-state index contributed by atoms with van der Waals surface area (Å²) in [6, 6.07) is 12.5. The van der Waals surface area contributed by atoms with Gasteiger partial charge in [-0.25, -0.2) is 0 Å². The van der Waals surface area contributed by atoms with Crippen LogP contribution in [0, 0.1) is 0 Å². The first-order valence-electron chi connectivity index (χ1n) is 6.81. The summed E-state index contributed by atoms with van der Waals surface area (Å²) in [5.74, 6) is 0.879. The maximum atomic E-state index is 6.16. The van der Waals surface area contributed by atoms with Crippen LogP contribution in [0.3, 0.4) is 0 Å². The molecule has 3 heteroatoms. The molecule has 2 nitrogen and oxygen atoms in total. The summed E-state index contributed by atoms with van der Waals surface area (Å²) in [5, 5.41) is 2.36. The smallest absolute Gasteiger partial charge is 0.185 e. The van der Waals surface area contributed by atoms with E-state index in [-0.39, 0.29) is 6.10 Å². The van der Waals surface area contributed by atoms with Gasteiger partial charge < -0.3 is 9.16 Å². The Bertz CT molecular complexity index is 614. The SMILES string of the molecule is C=CC(O[Si](C)(C)C)c1ccc2cc(OC)ccc2c1. The zero-order chi connectivity index (χ0) is 14.8. The van der Waals surface area contributed by atoms with Crippen molar-refractivity contribution in [3.63, 3.8) is 0 Å². The Hall–Kier alpha value is -1.58. The molecule has 0 saturated carbocycles. The van der Waals surface area contributed by atoms with Crippen molar-refractivity contribution in [2.45, 2.75) is 25.7 Å². The van der Waals surface area contributed by atoms with Crippen molar-refractivity contribution in [2.75, 3.05) is 7.11 Å². The summed E-state index contributed by atoms with van der Waals surface area (Å²) in [5.41, 5.74) is 1.15. The van der Waals surface area contributed by atoms with E-state index in [1.165, 1.54) is 10.8 Å². The van der Waals surface area contributed by atoms with Gasteiger partial charge in [0.25, 0.3) is 0 Å². The van der Waals surface area contributed by atoms with Crippen molar-refractivity contribution >= 4 is 19.1 Å². The van der Waals surface area contributed by atoms with E-state index in [4.69, 9.17) is 9.16 Å². The number of hydrogen-bond donors (Lipinski definition) is 0. The molecule has 0 aromatic heterocycles. The maximum absolute atomic E-state index is 6.16. The van der Waals surface area contributed by atoms with Gasteiger partial charge in [-0.3, -0.25) is 0 Å². The molecule has 1 unspecified atom stereocenters. The highest BCUT2D eigenvalue weighted by molar-refractivity contribution is 6.69. The highest BCUT2D eigenvalue weighted by Crippen LogP contribution is 2.28. The Morgan fingerprint density at radius 3 is 2.30 bits per heavy atom. The molecule has 2 aromatic rings. The molecule has 0 aliphatic rings. The van der Waals surface area contributed by atoms with Gasteiger partial charge >= 0.3 is 0 Å². The summed E-state index contributed by atoms with van der Waals surface area (Å²) < 4.78 is 11.4. The number of benzene rings is 2. The lowest BCUT2D eigenvalue weighted by atomic mass is 10.0. The summed E-state index contributed by atoms with van der Waals surface area (Å²) in [7, 11) is 0.0881. The van der Waals surface area contributed by atoms with Gasteiger partial charge in [-0.1, -0.05) is 24.3 Å². The van der Waals surface area contributed by atoms with Crippen LogP contribution in [0.15, 0.2) is 49.1 Å². The Morgan fingerprint density at radius 2 is 1.70 bits per heavy atom. The summed E-state index contributed by atoms with van der Waals surface area (Å²) in [6.45, 7) is 10.5. The minimum absolute atomic E-state index is 0.0341. The maximum Gasteiger partial charge on any atom is 0.185 e. The third-order valence-corrected chi connectivity index (χ3v) is 4.06. The molecule has 2 aromatic carbocycles. The second-order valence-corrected chi connectivity index (χ2v) is 10.3. The van der Waals surface area contributed by atoms with Gasteiger partial charge in [-0.2, -0.15) is 0 Å². The van der Waals surface area contributed by atoms with Crippen LogP contribution in [-0.2, 0) is 4.43 Å². The molecule has 0 N–H and O–H groups in total. The molecular formula is C17H22O2Si. The molecule has 0 saturated heterocycles. The van der Waals surface area contributed by atoms with Crippen molar-refractivity contribution in [1.29, 1.82) is 0 Å². The fourth-order valence-electron chi connectivity index (χ4n) is 2.18. The van der Waals surface area contributed by atoms with Crippen LogP contribution >= 0.6 is 0 Å². The molecule has 0 heterocycles. The van der Waals surface area contributed by atoms with E-state index >= 15 is 0 Å². The molecule has 0 amide bonds. The lowest BCUT2D eigenvalue weighted by Gasteiger charge is -2.24. The van der Waals surface area contributed by atoms with E-state index in [0.717, 1.165) is 11.3 Å². The minimum Gasteiger partial charge on any atom is -0.497 e. The van der Waals surface area contributed by atoms with Gasteiger partial charge in [-0.05, 0) is 54.2 Å². The Labute approximate surface area is 122 Å². The van der Waals surface area contributed by atoms with E-state index in [9.17, 15) is 0 Å². The van der Waals surface area contributed by atoms with E-state index < -0.39 is 8.32 Å². The molecule has 0 aliphatic carbocycles. The fourth-order valence-corrected chi connectivity index (χ4v) is 3.17. The van der Waals surface area contributed by atoms with Gasteiger partial charge in [-0.15, -0.1) is 6.58 Å². The second kappa shape index (κ2) is 5.81. The summed E-state index contributed by atoms with van der Waals surface area (Å²) in [4.78, 5) is 0. The van der Waals surface area contributed by atoms with Crippen LogP contribution < -0.4 is 4.74 Å². The highest BCUT2D eigenvalue weighted by Gasteiger charge is 2.20. The quantitative estimate of drug-likeness (QED) is 0.573. The molecule has 1 atom stereocenters. The molecule has 0 aliphatic heterocycles. The average Bonchev–Trinajstić information content (AvgIpc) is 2.42. The van der Waals surface area contributed by atoms with E-state index in [2.05, 4.69) is 50.5 Å². The largest absolute Gasteiger partial charge is 0.497 e. The third kappa shape index (κ3) is 3.49. The van der Waals surface area contributed by atoms with E-state index in [1.807, 2.05) is 18.2 Å².